The van der Waals surface area contributed by atoms with Gasteiger partial charge in [0, 0.05) is 10.6 Å². The van der Waals surface area contributed by atoms with Crippen molar-refractivity contribution < 1.29 is 9.09 Å². The molecule has 0 saturated heterocycles. The van der Waals surface area contributed by atoms with Gasteiger partial charge in [0.2, 0.25) is 0 Å². The third-order valence-electron chi connectivity index (χ3n) is 3.18. The van der Waals surface area contributed by atoms with E-state index in [1.165, 1.54) is 0 Å². The molecule has 3 heteroatoms. The van der Waals surface area contributed by atoms with Gasteiger partial charge in [0.05, 0.1) is 6.61 Å². The number of hydrogen-bond acceptors (Lipinski definition) is 2. The fourth-order valence-corrected chi connectivity index (χ4v) is 4.78. The molecule has 0 aromatic heterocycles. The van der Waals surface area contributed by atoms with E-state index < -0.39 is 7.37 Å². The van der Waals surface area contributed by atoms with Crippen LogP contribution in [-0.4, -0.2) is 6.61 Å². The third kappa shape index (κ3) is 2.65. The molecule has 2 rings (SSSR count). The summed E-state index contributed by atoms with van der Waals surface area (Å²) in [4.78, 5) is 0. The Balaban J connectivity index is 2.66. The maximum absolute atomic E-state index is 13.4. The lowest BCUT2D eigenvalue weighted by Crippen LogP contribution is -2.22. The molecule has 0 heterocycles. The molecule has 0 atom stereocenters. The predicted octanol–water partition coefficient (Wildman–Crippen LogP) is 3.57. The SMILES string of the molecule is CCOP(=O)(c1ccccc1C)c1ccccc1C. The minimum Gasteiger partial charge on any atom is -0.322 e. The molecular weight excluding hydrogens is 255 g/mol. The van der Waals surface area contributed by atoms with Crippen molar-refractivity contribution in [3.63, 3.8) is 0 Å². The predicted molar refractivity (Wildman–Crippen MR) is 80.9 cm³/mol. The van der Waals surface area contributed by atoms with Crippen LogP contribution in [0.4, 0.5) is 0 Å². The summed E-state index contributed by atoms with van der Waals surface area (Å²) in [6.45, 7) is 6.25. The van der Waals surface area contributed by atoms with Crippen LogP contribution >= 0.6 is 7.37 Å². The maximum Gasteiger partial charge on any atom is 0.261 e. The van der Waals surface area contributed by atoms with Crippen molar-refractivity contribution in [2.75, 3.05) is 6.61 Å². The van der Waals surface area contributed by atoms with Gasteiger partial charge >= 0.3 is 0 Å². The zero-order valence-electron chi connectivity index (χ0n) is 11.6. The lowest BCUT2D eigenvalue weighted by molar-refractivity contribution is 0.348. The fraction of sp³-hybridized carbons (Fsp3) is 0.250. The van der Waals surface area contributed by atoms with Crippen LogP contribution in [0.5, 0.6) is 0 Å². The van der Waals surface area contributed by atoms with Crippen LogP contribution in [0.25, 0.3) is 0 Å². The summed E-state index contributed by atoms with van der Waals surface area (Å²) < 4.78 is 19.2. The topological polar surface area (TPSA) is 26.3 Å². The summed E-state index contributed by atoms with van der Waals surface area (Å²) in [5.41, 5.74) is 2.00. The lowest BCUT2D eigenvalue weighted by atomic mass is 10.2. The molecule has 0 aliphatic rings. The molecule has 100 valence electrons. The van der Waals surface area contributed by atoms with E-state index in [0.717, 1.165) is 21.7 Å². The van der Waals surface area contributed by atoms with E-state index in [1.807, 2.05) is 69.3 Å². The molecule has 0 unspecified atom stereocenters. The zero-order chi connectivity index (χ0) is 13.9. The Kier molecular flexibility index (Phi) is 4.24. The summed E-state index contributed by atoms with van der Waals surface area (Å²) in [6.07, 6.45) is 0. The van der Waals surface area contributed by atoms with Crippen molar-refractivity contribution in [1.82, 2.24) is 0 Å². The van der Waals surface area contributed by atoms with Crippen molar-refractivity contribution in [1.29, 1.82) is 0 Å². The largest absolute Gasteiger partial charge is 0.322 e. The molecule has 0 spiro atoms. The van der Waals surface area contributed by atoms with Crippen LogP contribution in [0.15, 0.2) is 48.5 Å². The molecule has 0 amide bonds. The average molecular weight is 274 g/mol. The van der Waals surface area contributed by atoms with Gasteiger partial charge < -0.3 is 4.52 Å². The van der Waals surface area contributed by atoms with E-state index >= 15 is 0 Å². The first-order valence-electron chi connectivity index (χ1n) is 6.46. The van der Waals surface area contributed by atoms with Crippen LogP contribution in [0, 0.1) is 13.8 Å². The summed E-state index contributed by atoms with van der Waals surface area (Å²) in [5.74, 6) is 0. The Bertz CT molecular complexity index is 570. The van der Waals surface area contributed by atoms with Crippen molar-refractivity contribution >= 4 is 18.0 Å². The summed E-state index contributed by atoms with van der Waals surface area (Å²) in [6, 6.07) is 15.5. The van der Waals surface area contributed by atoms with Crippen molar-refractivity contribution in [3.05, 3.63) is 59.7 Å². The molecule has 0 N–H and O–H groups in total. The van der Waals surface area contributed by atoms with Gasteiger partial charge in [0.25, 0.3) is 7.37 Å². The van der Waals surface area contributed by atoms with Crippen LogP contribution in [0.3, 0.4) is 0 Å². The minimum atomic E-state index is -3.00. The van der Waals surface area contributed by atoms with Gasteiger partial charge in [-0.25, -0.2) is 0 Å². The van der Waals surface area contributed by atoms with Crippen molar-refractivity contribution in [3.8, 4) is 0 Å². The fourth-order valence-electron chi connectivity index (χ4n) is 2.24. The molecule has 0 bridgehead atoms. The number of hydrogen-bond donors (Lipinski definition) is 0. The standard InChI is InChI=1S/C16H19O2P/c1-4-18-19(17,15-11-7-5-9-13(15)2)16-12-8-6-10-14(16)3/h5-12H,4H2,1-3H3. The van der Waals surface area contributed by atoms with Gasteiger partial charge in [-0.05, 0) is 44.0 Å². The van der Waals surface area contributed by atoms with Gasteiger partial charge in [0.15, 0.2) is 0 Å². The highest BCUT2D eigenvalue weighted by Crippen LogP contribution is 2.46. The van der Waals surface area contributed by atoms with Gasteiger partial charge in [-0.15, -0.1) is 0 Å². The second kappa shape index (κ2) is 5.73. The zero-order valence-corrected chi connectivity index (χ0v) is 12.5. The Morgan fingerprint density at radius 1 is 0.895 bits per heavy atom. The minimum absolute atomic E-state index is 0.431. The highest BCUT2D eigenvalue weighted by atomic mass is 31.2. The molecular formula is C16H19O2P. The lowest BCUT2D eigenvalue weighted by Gasteiger charge is -2.21. The van der Waals surface area contributed by atoms with E-state index in [2.05, 4.69) is 0 Å². The number of rotatable bonds is 4. The maximum atomic E-state index is 13.4. The Hall–Kier alpha value is -1.37. The molecule has 2 aromatic carbocycles. The first-order chi connectivity index (χ1) is 9.09. The second-order valence-corrected chi connectivity index (χ2v) is 6.87. The molecule has 0 aliphatic heterocycles. The molecule has 2 nitrogen and oxygen atoms in total. The van der Waals surface area contributed by atoms with Crippen LogP contribution in [-0.2, 0) is 9.09 Å². The Morgan fingerprint density at radius 2 is 1.32 bits per heavy atom. The van der Waals surface area contributed by atoms with Gasteiger partial charge in [-0.2, -0.15) is 0 Å². The highest BCUT2D eigenvalue weighted by molar-refractivity contribution is 7.74. The van der Waals surface area contributed by atoms with Crippen LogP contribution in [0.2, 0.25) is 0 Å². The first-order valence-corrected chi connectivity index (χ1v) is 8.09. The van der Waals surface area contributed by atoms with E-state index in [9.17, 15) is 4.57 Å². The monoisotopic (exact) mass is 274 g/mol. The van der Waals surface area contributed by atoms with Crippen LogP contribution < -0.4 is 10.6 Å². The van der Waals surface area contributed by atoms with Gasteiger partial charge in [-0.1, -0.05) is 36.4 Å². The Morgan fingerprint density at radius 3 is 1.68 bits per heavy atom. The number of benzene rings is 2. The van der Waals surface area contributed by atoms with E-state index in [1.54, 1.807) is 0 Å². The molecule has 19 heavy (non-hydrogen) atoms. The molecule has 0 radical (unpaired) electrons. The average Bonchev–Trinajstić information content (AvgIpc) is 2.39. The molecule has 0 fully saturated rings. The van der Waals surface area contributed by atoms with E-state index in [0.29, 0.717) is 6.61 Å². The van der Waals surface area contributed by atoms with Gasteiger partial charge in [-0.3, -0.25) is 4.57 Å². The summed E-state index contributed by atoms with van der Waals surface area (Å²) >= 11 is 0. The number of aryl methyl sites for hydroxylation is 2. The molecule has 0 aliphatic carbocycles. The second-order valence-electron chi connectivity index (χ2n) is 4.54. The van der Waals surface area contributed by atoms with E-state index in [-0.39, 0.29) is 0 Å². The first kappa shape index (κ1) is 14.0. The molecule has 2 aromatic rings. The summed E-state index contributed by atoms with van der Waals surface area (Å²) in [5, 5.41) is 1.59. The normalized spacial score (nSPS) is 11.5. The van der Waals surface area contributed by atoms with Crippen molar-refractivity contribution in [2.24, 2.45) is 0 Å². The Labute approximate surface area is 114 Å². The third-order valence-corrected chi connectivity index (χ3v) is 6.07. The smallest absolute Gasteiger partial charge is 0.261 e. The quantitative estimate of drug-likeness (QED) is 0.797. The molecule has 0 saturated carbocycles. The van der Waals surface area contributed by atoms with Crippen LogP contribution in [0.1, 0.15) is 18.1 Å². The summed E-state index contributed by atoms with van der Waals surface area (Å²) in [7, 11) is -3.00. The van der Waals surface area contributed by atoms with Crippen molar-refractivity contribution in [2.45, 2.75) is 20.8 Å². The van der Waals surface area contributed by atoms with E-state index in [4.69, 9.17) is 4.52 Å². The highest BCUT2D eigenvalue weighted by Gasteiger charge is 2.30. The van der Waals surface area contributed by atoms with Gasteiger partial charge in [0.1, 0.15) is 0 Å².